The Balaban J connectivity index is 1.87. The van der Waals surface area contributed by atoms with Crippen LogP contribution in [-0.4, -0.2) is 47.6 Å². The Kier molecular flexibility index (Phi) is 4.80. The summed E-state index contributed by atoms with van der Waals surface area (Å²) < 4.78 is 5.83. The summed E-state index contributed by atoms with van der Waals surface area (Å²) >= 11 is 0. The topological polar surface area (TPSA) is 45.7 Å². The maximum Gasteiger partial charge on any atom is 0.238 e. The summed E-state index contributed by atoms with van der Waals surface area (Å²) in [6, 6.07) is 4.11. The summed E-state index contributed by atoms with van der Waals surface area (Å²) in [6.07, 6.45) is 0. The number of hydrogen-bond donors (Lipinski definition) is 0. The quantitative estimate of drug-likeness (QED) is 0.767. The van der Waals surface area contributed by atoms with Gasteiger partial charge < -0.3 is 9.64 Å². The van der Waals surface area contributed by atoms with E-state index in [1.165, 1.54) is 0 Å². The number of carbonyl (C=O) groups is 1. The number of carbonyl (C=O) groups excluding carboxylic acids is 1. The van der Waals surface area contributed by atoms with Crippen molar-refractivity contribution in [2.75, 3.05) is 31.1 Å². The van der Waals surface area contributed by atoms with Gasteiger partial charge in [-0.05, 0) is 38.8 Å². The molecule has 0 N–H and O–H groups in total. The van der Waals surface area contributed by atoms with E-state index in [1.807, 2.05) is 31.7 Å². The smallest absolute Gasteiger partial charge is 0.238 e. The molecular weight excluding hydrogens is 326 g/mol. The Labute approximate surface area is 157 Å². The van der Waals surface area contributed by atoms with Crippen LogP contribution < -0.4 is 9.64 Å². The third-order valence-corrected chi connectivity index (χ3v) is 5.53. The van der Waals surface area contributed by atoms with Gasteiger partial charge in [-0.3, -0.25) is 9.69 Å². The van der Waals surface area contributed by atoms with Gasteiger partial charge in [-0.1, -0.05) is 27.7 Å². The van der Waals surface area contributed by atoms with Crippen molar-refractivity contribution in [2.45, 2.75) is 59.9 Å². The van der Waals surface area contributed by atoms with Gasteiger partial charge in [-0.15, -0.1) is 0 Å². The number of likely N-dealkylation sites (tertiary alicyclic amines) is 1. The molecule has 2 aliphatic heterocycles. The zero-order valence-corrected chi connectivity index (χ0v) is 17.3. The Morgan fingerprint density at radius 2 is 1.85 bits per heavy atom. The molecule has 0 aliphatic carbocycles. The van der Waals surface area contributed by atoms with Crippen molar-refractivity contribution >= 4 is 11.6 Å². The minimum absolute atomic E-state index is 0.116. The minimum Gasteiger partial charge on any atom is -0.474 e. The second-order valence-corrected chi connectivity index (χ2v) is 9.78. The van der Waals surface area contributed by atoms with Crippen molar-refractivity contribution in [3.63, 3.8) is 0 Å². The number of hydrogen-bond acceptors (Lipinski definition) is 4. The monoisotopic (exact) mass is 359 g/mol. The maximum atomic E-state index is 12.8. The van der Waals surface area contributed by atoms with Crippen molar-refractivity contribution in [2.24, 2.45) is 11.3 Å². The molecule has 144 valence electrons. The van der Waals surface area contributed by atoms with E-state index in [4.69, 9.17) is 9.72 Å². The van der Waals surface area contributed by atoms with Gasteiger partial charge in [0.1, 0.15) is 12.3 Å². The van der Waals surface area contributed by atoms with Crippen LogP contribution in [0.25, 0.3) is 0 Å². The molecule has 0 radical (unpaired) electrons. The second-order valence-electron chi connectivity index (χ2n) is 9.78. The first-order valence-corrected chi connectivity index (χ1v) is 9.69. The minimum atomic E-state index is -0.416. The fourth-order valence-corrected chi connectivity index (χ4v) is 3.83. The fraction of sp³-hybridized carbons (Fsp3) is 0.714. The van der Waals surface area contributed by atoms with E-state index >= 15 is 0 Å². The highest BCUT2D eigenvalue weighted by Crippen LogP contribution is 2.39. The van der Waals surface area contributed by atoms with E-state index in [0.29, 0.717) is 30.9 Å². The van der Waals surface area contributed by atoms with Crippen molar-refractivity contribution in [1.82, 2.24) is 9.88 Å². The Hall–Kier alpha value is -1.62. The van der Waals surface area contributed by atoms with Crippen LogP contribution in [0.3, 0.4) is 0 Å². The molecule has 1 fully saturated rings. The van der Waals surface area contributed by atoms with E-state index in [1.54, 1.807) is 0 Å². The van der Waals surface area contributed by atoms with Gasteiger partial charge in [-0.25, -0.2) is 4.98 Å². The molecule has 0 saturated carbocycles. The van der Waals surface area contributed by atoms with Crippen LogP contribution in [0.2, 0.25) is 0 Å². The third kappa shape index (κ3) is 3.59. The predicted octanol–water partition coefficient (Wildman–Crippen LogP) is 3.69. The van der Waals surface area contributed by atoms with Crippen LogP contribution in [0.1, 0.15) is 60.1 Å². The van der Waals surface area contributed by atoms with Crippen LogP contribution in [0.4, 0.5) is 5.69 Å². The molecular formula is C21H33N3O2. The maximum absolute atomic E-state index is 12.8. The average molecular weight is 360 g/mol. The molecule has 5 heteroatoms. The highest BCUT2D eigenvalue weighted by molar-refractivity contribution is 5.98. The summed E-state index contributed by atoms with van der Waals surface area (Å²) in [4.78, 5) is 22.0. The number of pyridine rings is 1. The van der Waals surface area contributed by atoms with E-state index in [-0.39, 0.29) is 11.4 Å². The Morgan fingerprint density at radius 3 is 2.42 bits per heavy atom. The van der Waals surface area contributed by atoms with Gasteiger partial charge in [0.05, 0.1) is 6.54 Å². The molecule has 1 saturated heterocycles. The van der Waals surface area contributed by atoms with Crippen LogP contribution in [0, 0.1) is 11.3 Å². The fourth-order valence-electron chi connectivity index (χ4n) is 3.83. The third-order valence-electron chi connectivity index (χ3n) is 5.53. The number of amides is 1. The lowest BCUT2D eigenvalue weighted by Gasteiger charge is -2.34. The molecule has 1 amide bonds. The highest BCUT2D eigenvalue weighted by Gasteiger charge is 2.38. The molecule has 0 spiro atoms. The summed E-state index contributed by atoms with van der Waals surface area (Å²) in [5.41, 5.74) is 1.63. The first kappa shape index (κ1) is 19.2. The molecule has 5 nitrogen and oxygen atoms in total. The molecule has 1 aromatic rings. The highest BCUT2D eigenvalue weighted by atomic mass is 16.5. The molecule has 2 atom stereocenters. The molecule has 0 bridgehead atoms. The first-order valence-electron chi connectivity index (χ1n) is 9.69. The van der Waals surface area contributed by atoms with Gasteiger partial charge in [-0.2, -0.15) is 0 Å². The number of nitrogens with zero attached hydrogens (tertiary/aromatic N) is 3. The van der Waals surface area contributed by atoms with Crippen LogP contribution >= 0.6 is 0 Å². The normalized spacial score (nSPS) is 24.3. The lowest BCUT2D eigenvalue weighted by Crippen LogP contribution is -2.44. The SMILES string of the molecule is C[C@H]1CN(C(C)(C)C)C[C@H]1c1ccc2c(n1)OCCN2C(=O)C(C)(C)C. The standard InChI is InChI=1S/C21H33N3O2/c1-14-12-23(21(5,6)7)13-15(14)16-8-9-17-18(22-16)26-11-10-24(17)19(25)20(2,3)4/h8-9,14-15H,10-13H2,1-7H3/t14-,15+/m0/s1. The Morgan fingerprint density at radius 1 is 1.15 bits per heavy atom. The van der Waals surface area contributed by atoms with Crippen molar-refractivity contribution in [3.05, 3.63) is 17.8 Å². The summed E-state index contributed by atoms with van der Waals surface area (Å²) in [5, 5.41) is 0. The van der Waals surface area contributed by atoms with E-state index in [2.05, 4.69) is 38.7 Å². The largest absolute Gasteiger partial charge is 0.474 e. The second kappa shape index (κ2) is 6.52. The zero-order valence-electron chi connectivity index (χ0n) is 17.3. The van der Waals surface area contributed by atoms with Crippen LogP contribution in [0.5, 0.6) is 5.88 Å². The van der Waals surface area contributed by atoms with Gasteiger partial charge in [0, 0.05) is 35.7 Å². The van der Waals surface area contributed by atoms with E-state index in [9.17, 15) is 4.79 Å². The van der Waals surface area contributed by atoms with Gasteiger partial charge in [0.25, 0.3) is 0 Å². The lowest BCUT2D eigenvalue weighted by atomic mass is 9.93. The molecule has 3 heterocycles. The van der Waals surface area contributed by atoms with Gasteiger partial charge >= 0.3 is 0 Å². The molecule has 3 rings (SSSR count). The molecule has 1 aromatic heterocycles. The molecule has 26 heavy (non-hydrogen) atoms. The number of fused-ring (bicyclic) bond motifs is 1. The van der Waals surface area contributed by atoms with E-state index < -0.39 is 5.41 Å². The molecule has 2 aliphatic rings. The number of aromatic nitrogens is 1. The zero-order chi connectivity index (χ0) is 19.3. The first-order chi connectivity index (χ1) is 12.0. The van der Waals surface area contributed by atoms with Gasteiger partial charge in [0.15, 0.2) is 0 Å². The van der Waals surface area contributed by atoms with Crippen LogP contribution in [-0.2, 0) is 4.79 Å². The number of ether oxygens (including phenoxy) is 1. The van der Waals surface area contributed by atoms with Crippen molar-refractivity contribution in [3.8, 4) is 5.88 Å². The lowest BCUT2D eigenvalue weighted by molar-refractivity contribution is -0.126. The van der Waals surface area contributed by atoms with Crippen LogP contribution in [0.15, 0.2) is 12.1 Å². The summed E-state index contributed by atoms with van der Waals surface area (Å²) in [5.74, 6) is 1.67. The molecule has 0 aromatic carbocycles. The predicted molar refractivity (Wildman–Crippen MR) is 105 cm³/mol. The summed E-state index contributed by atoms with van der Waals surface area (Å²) in [6.45, 7) is 18.1. The average Bonchev–Trinajstić information content (AvgIpc) is 2.94. The number of rotatable bonds is 1. The van der Waals surface area contributed by atoms with Crippen molar-refractivity contribution < 1.29 is 9.53 Å². The summed E-state index contributed by atoms with van der Waals surface area (Å²) in [7, 11) is 0. The van der Waals surface area contributed by atoms with E-state index in [0.717, 1.165) is 24.5 Å². The molecule has 0 unspecified atom stereocenters. The van der Waals surface area contributed by atoms with Gasteiger partial charge in [0.2, 0.25) is 11.8 Å². The Bertz CT molecular complexity index is 687. The number of anilines is 1. The van der Waals surface area contributed by atoms with Crippen molar-refractivity contribution in [1.29, 1.82) is 0 Å².